The van der Waals surface area contributed by atoms with Gasteiger partial charge in [0.1, 0.15) is 5.82 Å². The third-order valence-electron chi connectivity index (χ3n) is 2.11. The standard InChI is InChI=1S/C12H15F2NO2/c1-2-3-6-15-12(16)8-17-11-5-4-9(13)7-10(11)14/h4-5,7H,2-3,6,8H2,1H3,(H,15,16). The lowest BCUT2D eigenvalue weighted by Gasteiger charge is -2.07. The molecule has 1 aromatic carbocycles. The van der Waals surface area contributed by atoms with Crippen molar-refractivity contribution in [3.8, 4) is 5.75 Å². The van der Waals surface area contributed by atoms with Gasteiger partial charge in [-0.3, -0.25) is 4.79 Å². The SMILES string of the molecule is CCCCNC(=O)COc1ccc(F)cc1F. The summed E-state index contributed by atoms with van der Waals surface area (Å²) < 4.78 is 30.6. The Bertz CT molecular complexity index is 383. The first-order valence-electron chi connectivity index (χ1n) is 5.48. The van der Waals surface area contributed by atoms with Crippen LogP contribution >= 0.6 is 0 Å². The molecule has 3 nitrogen and oxygen atoms in total. The molecule has 0 saturated heterocycles. The Kier molecular flexibility index (Phi) is 5.39. The monoisotopic (exact) mass is 243 g/mol. The average molecular weight is 243 g/mol. The van der Waals surface area contributed by atoms with E-state index in [1.807, 2.05) is 6.92 Å². The fourth-order valence-corrected chi connectivity index (χ4v) is 1.19. The Hall–Kier alpha value is -1.65. The molecule has 94 valence electrons. The minimum atomic E-state index is -0.814. The van der Waals surface area contributed by atoms with Crippen molar-refractivity contribution in [3.05, 3.63) is 29.8 Å². The zero-order valence-electron chi connectivity index (χ0n) is 9.63. The molecular formula is C12H15F2NO2. The predicted octanol–water partition coefficient (Wildman–Crippen LogP) is 2.26. The molecule has 0 heterocycles. The van der Waals surface area contributed by atoms with E-state index >= 15 is 0 Å². The van der Waals surface area contributed by atoms with Gasteiger partial charge in [-0.15, -0.1) is 0 Å². The first-order valence-corrected chi connectivity index (χ1v) is 5.48. The summed E-state index contributed by atoms with van der Waals surface area (Å²) in [6.45, 7) is 2.31. The van der Waals surface area contributed by atoms with E-state index in [0.717, 1.165) is 25.0 Å². The third-order valence-corrected chi connectivity index (χ3v) is 2.11. The maximum atomic E-state index is 13.1. The minimum Gasteiger partial charge on any atom is -0.481 e. The number of nitrogens with one attached hydrogen (secondary N) is 1. The average Bonchev–Trinajstić information content (AvgIpc) is 2.28. The van der Waals surface area contributed by atoms with E-state index in [1.165, 1.54) is 0 Å². The van der Waals surface area contributed by atoms with Gasteiger partial charge in [-0.25, -0.2) is 8.78 Å². The number of halogens is 2. The summed E-state index contributed by atoms with van der Waals surface area (Å²) in [5.74, 6) is -1.94. The highest BCUT2D eigenvalue weighted by atomic mass is 19.1. The number of ether oxygens (including phenoxy) is 1. The quantitative estimate of drug-likeness (QED) is 0.778. The van der Waals surface area contributed by atoms with Gasteiger partial charge >= 0.3 is 0 Å². The summed E-state index contributed by atoms with van der Waals surface area (Å²) in [6, 6.07) is 2.95. The van der Waals surface area contributed by atoms with Crippen molar-refractivity contribution in [2.45, 2.75) is 19.8 Å². The van der Waals surface area contributed by atoms with Crippen molar-refractivity contribution in [2.75, 3.05) is 13.2 Å². The van der Waals surface area contributed by atoms with Crippen LogP contribution in [-0.4, -0.2) is 19.1 Å². The van der Waals surface area contributed by atoms with Gasteiger partial charge in [0, 0.05) is 12.6 Å². The van der Waals surface area contributed by atoms with Gasteiger partial charge in [0.25, 0.3) is 5.91 Å². The van der Waals surface area contributed by atoms with Gasteiger partial charge in [-0.1, -0.05) is 13.3 Å². The maximum Gasteiger partial charge on any atom is 0.257 e. The molecule has 0 aromatic heterocycles. The molecule has 0 bridgehead atoms. The fraction of sp³-hybridized carbons (Fsp3) is 0.417. The van der Waals surface area contributed by atoms with Crippen LogP contribution in [0, 0.1) is 11.6 Å². The molecule has 1 amide bonds. The molecular weight excluding hydrogens is 228 g/mol. The smallest absolute Gasteiger partial charge is 0.257 e. The molecule has 0 unspecified atom stereocenters. The number of unbranched alkanes of at least 4 members (excludes halogenated alkanes) is 1. The van der Waals surface area contributed by atoms with E-state index in [1.54, 1.807) is 0 Å². The van der Waals surface area contributed by atoms with E-state index in [2.05, 4.69) is 5.32 Å². The van der Waals surface area contributed by atoms with Crippen molar-refractivity contribution >= 4 is 5.91 Å². The lowest BCUT2D eigenvalue weighted by Crippen LogP contribution is -2.29. The molecule has 1 aromatic rings. The molecule has 0 saturated carbocycles. The highest BCUT2D eigenvalue weighted by molar-refractivity contribution is 5.77. The number of amides is 1. The van der Waals surface area contributed by atoms with Crippen molar-refractivity contribution in [3.63, 3.8) is 0 Å². The van der Waals surface area contributed by atoms with Crippen LogP contribution in [0.4, 0.5) is 8.78 Å². The van der Waals surface area contributed by atoms with Crippen LogP contribution in [0.25, 0.3) is 0 Å². The van der Waals surface area contributed by atoms with Crippen LogP contribution in [0.5, 0.6) is 5.75 Å². The van der Waals surface area contributed by atoms with E-state index in [0.29, 0.717) is 12.6 Å². The van der Waals surface area contributed by atoms with Gasteiger partial charge in [-0.2, -0.15) is 0 Å². The Morgan fingerprint density at radius 1 is 1.41 bits per heavy atom. The summed E-state index contributed by atoms with van der Waals surface area (Å²) in [5.41, 5.74) is 0. The summed E-state index contributed by atoms with van der Waals surface area (Å²) in [5, 5.41) is 2.62. The van der Waals surface area contributed by atoms with E-state index in [4.69, 9.17) is 4.74 Å². The predicted molar refractivity (Wildman–Crippen MR) is 59.8 cm³/mol. The second-order valence-corrected chi connectivity index (χ2v) is 3.57. The van der Waals surface area contributed by atoms with Crippen LogP contribution in [0.2, 0.25) is 0 Å². The van der Waals surface area contributed by atoms with Gasteiger partial charge in [0.15, 0.2) is 18.2 Å². The molecule has 1 rings (SSSR count). The molecule has 0 spiro atoms. The van der Waals surface area contributed by atoms with Gasteiger partial charge < -0.3 is 10.1 Å². The Morgan fingerprint density at radius 2 is 2.18 bits per heavy atom. The number of hydrogen-bond acceptors (Lipinski definition) is 2. The maximum absolute atomic E-state index is 13.1. The Morgan fingerprint density at radius 3 is 2.82 bits per heavy atom. The number of benzene rings is 1. The minimum absolute atomic E-state index is 0.128. The van der Waals surface area contributed by atoms with Crippen molar-refractivity contribution in [2.24, 2.45) is 0 Å². The summed E-state index contributed by atoms with van der Waals surface area (Å²) in [4.78, 5) is 11.2. The highest BCUT2D eigenvalue weighted by Crippen LogP contribution is 2.17. The normalized spacial score (nSPS) is 10.1. The van der Waals surface area contributed by atoms with Gasteiger partial charge in [-0.05, 0) is 18.6 Å². The van der Waals surface area contributed by atoms with Crippen molar-refractivity contribution in [1.29, 1.82) is 0 Å². The molecule has 0 aliphatic heterocycles. The van der Waals surface area contributed by atoms with E-state index < -0.39 is 11.6 Å². The first-order chi connectivity index (χ1) is 8.13. The topological polar surface area (TPSA) is 38.3 Å². The van der Waals surface area contributed by atoms with Crippen LogP contribution in [0.3, 0.4) is 0 Å². The molecule has 0 atom stereocenters. The molecule has 0 aliphatic rings. The fourth-order valence-electron chi connectivity index (χ4n) is 1.19. The lowest BCUT2D eigenvalue weighted by atomic mass is 10.3. The summed E-state index contributed by atoms with van der Waals surface area (Å²) >= 11 is 0. The lowest BCUT2D eigenvalue weighted by molar-refractivity contribution is -0.123. The number of carbonyl (C=O) groups excluding carboxylic acids is 1. The Labute approximate surface area is 98.8 Å². The van der Waals surface area contributed by atoms with Gasteiger partial charge in [0.05, 0.1) is 0 Å². The van der Waals surface area contributed by atoms with Crippen LogP contribution in [-0.2, 0) is 4.79 Å². The Balaban J connectivity index is 2.37. The second kappa shape index (κ2) is 6.83. The second-order valence-electron chi connectivity index (χ2n) is 3.57. The number of hydrogen-bond donors (Lipinski definition) is 1. The van der Waals surface area contributed by atoms with Crippen molar-refractivity contribution in [1.82, 2.24) is 5.32 Å². The summed E-state index contributed by atoms with van der Waals surface area (Å²) in [6.07, 6.45) is 1.87. The molecule has 0 fully saturated rings. The molecule has 17 heavy (non-hydrogen) atoms. The first kappa shape index (κ1) is 13.4. The summed E-state index contributed by atoms with van der Waals surface area (Å²) in [7, 11) is 0. The number of rotatable bonds is 6. The van der Waals surface area contributed by atoms with Gasteiger partial charge in [0.2, 0.25) is 0 Å². The van der Waals surface area contributed by atoms with Crippen LogP contribution in [0.1, 0.15) is 19.8 Å². The molecule has 1 N–H and O–H groups in total. The highest BCUT2D eigenvalue weighted by Gasteiger charge is 2.07. The van der Waals surface area contributed by atoms with Crippen LogP contribution in [0.15, 0.2) is 18.2 Å². The van der Waals surface area contributed by atoms with Crippen LogP contribution < -0.4 is 10.1 Å². The third kappa shape index (κ3) is 4.80. The van der Waals surface area contributed by atoms with Crippen molar-refractivity contribution < 1.29 is 18.3 Å². The largest absolute Gasteiger partial charge is 0.481 e. The number of carbonyl (C=O) groups is 1. The molecule has 0 aliphatic carbocycles. The van der Waals surface area contributed by atoms with E-state index in [-0.39, 0.29) is 18.3 Å². The van der Waals surface area contributed by atoms with E-state index in [9.17, 15) is 13.6 Å². The molecule has 5 heteroatoms. The zero-order valence-corrected chi connectivity index (χ0v) is 9.63. The molecule has 0 radical (unpaired) electrons. The zero-order chi connectivity index (χ0) is 12.7.